The van der Waals surface area contributed by atoms with Crippen molar-refractivity contribution in [1.82, 2.24) is 21.5 Å². The van der Waals surface area contributed by atoms with E-state index >= 15 is 0 Å². The summed E-state index contributed by atoms with van der Waals surface area (Å²) in [6, 6.07) is 3.00. The monoisotopic (exact) mass is 432 g/mol. The lowest BCUT2D eigenvalue weighted by atomic mass is 9.96. The van der Waals surface area contributed by atoms with Crippen molar-refractivity contribution in [3.63, 3.8) is 0 Å². The van der Waals surface area contributed by atoms with E-state index in [-0.39, 0.29) is 42.1 Å². The highest BCUT2D eigenvalue weighted by Crippen LogP contribution is 2.32. The number of alkyl halides is 2. The summed E-state index contributed by atoms with van der Waals surface area (Å²) in [7, 11) is 0. The number of ether oxygens (including phenoxy) is 1. The van der Waals surface area contributed by atoms with E-state index in [0.29, 0.717) is 19.3 Å². The molecule has 1 saturated carbocycles. The van der Waals surface area contributed by atoms with E-state index < -0.39 is 30.7 Å². The molecule has 166 valence electrons. The summed E-state index contributed by atoms with van der Waals surface area (Å²) in [5.74, 6) is -1.66. The molecule has 1 aliphatic heterocycles. The molecule has 30 heavy (non-hydrogen) atoms. The van der Waals surface area contributed by atoms with Crippen LogP contribution in [0.5, 0.6) is 0 Å². The first-order valence-electron chi connectivity index (χ1n) is 9.76. The number of amides is 2. The van der Waals surface area contributed by atoms with Crippen LogP contribution in [0, 0.1) is 17.6 Å². The van der Waals surface area contributed by atoms with Crippen molar-refractivity contribution >= 4 is 12.0 Å². The minimum atomic E-state index is -2.63. The number of rotatable bonds is 7. The van der Waals surface area contributed by atoms with Gasteiger partial charge in [-0.3, -0.25) is 10.2 Å². The van der Waals surface area contributed by atoms with Gasteiger partial charge in [-0.1, -0.05) is 0 Å². The fourth-order valence-electron chi connectivity index (χ4n) is 3.93. The zero-order valence-corrected chi connectivity index (χ0v) is 16.1. The molecule has 1 heterocycles. The van der Waals surface area contributed by atoms with Crippen molar-refractivity contribution in [2.24, 2.45) is 5.92 Å². The van der Waals surface area contributed by atoms with Gasteiger partial charge in [-0.05, 0) is 49.3 Å². The summed E-state index contributed by atoms with van der Waals surface area (Å²) in [4.78, 5) is 23.7. The van der Waals surface area contributed by atoms with Gasteiger partial charge in [0.2, 0.25) is 5.91 Å². The Kier molecular flexibility index (Phi) is 7.48. The minimum absolute atomic E-state index is 0.0274. The van der Waals surface area contributed by atoms with Crippen LogP contribution in [0.2, 0.25) is 0 Å². The van der Waals surface area contributed by atoms with E-state index in [1.54, 1.807) is 0 Å². The van der Waals surface area contributed by atoms with Gasteiger partial charge >= 0.3 is 6.09 Å². The zero-order chi connectivity index (χ0) is 21.7. The molecule has 11 heteroatoms. The number of carbonyl (C=O) groups is 2. The molecule has 2 aliphatic rings. The maximum Gasteiger partial charge on any atom is 0.407 e. The van der Waals surface area contributed by atoms with Gasteiger partial charge in [-0.15, -0.1) is 0 Å². The van der Waals surface area contributed by atoms with Crippen LogP contribution in [0.25, 0.3) is 0 Å². The Labute approximate surface area is 170 Å². The van der Waals surface area contributed by atoms with Gasteiger partial charge in [0.1, 0.15) is 17.7 Å². The lowest BCUT2D eigenvalue weighted by molar-refractivity contribution is -0.121. The first-order valence-corrected chi connectivity index (χ1v) is 9.76. The molecule has 2 amide bonds. The smallest absolute Gasteiger partial charge is 0.407 e. The second-order valence-corrected chi connectivity index (χ2v) is 7.58. The van der Waals surface area contributed by atoms with E-state index in [1.807, 2.05) is 5.32 Å². The summed E-state index contributed by atoms with van der Waals surface area (Å²) in [5, 5.41) is 4.78. The Morgan fingerprint density at radius 3 is 2.53 bits per heavy atom. The van der Waals surface area contributed by atoms with Gasteiger partial charge in [-0.25, -0.2) is 27.8 Å². The van der Waals surface area contributed by atoms with E-state index in [2.05, 4.69) is 16.2 Å². The highest BCUT2D eigenvalue weighted by molar-refractivity contribution is 5.78. The molecule has 3 rings (SSSR count). The van der Waals surface area contributed by atoms with Gasteiger partial charge in [0, 0.05) is 12.1 Å². The summed E-state index contributed by atoms with van der Waals surface area (Å²) >= 11 is 0. The first kappa shape index (κ1) is 22.3. The molecule has 1 aliphatic carbocycles. The van der Waals surface area contributed by atoms with Crippen LogP contribution in [0.15, 0.2) is 18.2 Å². The normalized spacial score (nSPS) is 26.0. The number of benzene rings is 1. The SMILES string of the molecule is O=C(Cc1cc(F)cc(F)c1)NC1CC([C@H]2CC[C@@H](OC(=O)NCC(F)F)C2)NN1. The standard InChI is InChI=1S/C19H24F4N4O3/c20-12-3-10(4-13(21)7-12)5-18(28)25-17-8-15(26-27-17)11-1-2-14(6-11)30-19(29)24-9-16(22)23/h3-4,7,11,14-17,26-27H,1-2,5-6,8-9H2,(H,24,29)(H,25,28)/t11-,14+,15?,17?/m0/s1. The van der Waals surface area contributed by atoms with Crippen LogP contribution in [0.1, 0.15) is 31.2 Å². The Bertz CT molecular complexity index is 747. The Balaban J connectivity index is 1.40. The van der Waals surface area contributed by atoms with Gasteiger partial charge in [0.15, 0.2) is 0 Å². The molecule has 4 atom stereocenters. The number of hydrazine groups is 1. The van der Waals surface area contributed by atoms with E-state index in [4.69, 9.17) is 4.74 Å². The summed E-state index contributed by atoms with van der Waals surface area (Å²) < 4.78 is 55.9. The summed E-state index contributed by atoms with van der Waals surface area (Å²) in [6.45, 7) is -0.743. The first-order chi connectivity index (χ1) is 14.3. The zero-order valence-electron chi connectivity index (χ0n) is 16.1. The van der Waals surface area contributed by atoms with Gasteiger partial charge in [-0.2, -0.15) is 0 Å². The fraction of sp³-hybridized carbons (Fsp3) is 0.579. The van der Waals surface area contributed by atoms with Crippen LogP contribution in [0.4, 0.5) is 22.4 Å². The van der Waals surface area contributed by atoms with Crippen LogP contribution >= 0.6 is 0 Å². The average molecular weight is 432 g/mol. The third kappa shape index (κ3) is 6.56. The Morgan fingerprint density at radius 2 is 1.83 bits per heavy atom. The van der Waals surface area contributed by atoms with Gasteiger partial charge in [0.25, 0.3) is 6.43 Å². The van der Waals surface area contributed by atoms with Crippen molar-refractivity contribution in [2.75, 3.05) is 6.54 Å². The average Bonchev–Trinajstić information content (AvgIpc) is 3.28. The van der Waals surface area contributed by atoms with E-state index in [9.17, 15) is 27.2 Å². The third-order valence-corrected chi connectivity index (χ3v) is 5.22. The lowest BCUT2D eigenvalue weighted by Crippen LogP contribution is -2.45. The number of carbonyl (C=O) groups excluding carboxylic acids is 2. The van der Waals surface area contributed by atoms with Crippen molar-refractivity contribution in [1.29, 1.82) is 0 Å². The Morgan fingerprint density at radius 1 is 1.10 bits per heavy atom. The Hall–Kier alpha value is -2.40. The number of nitrogens with one attached hydrogen (secondary N) is 4. The fourth-order valence-corrected chi connectivity index (χ4v) is 3.93. The van der Waals surface area contributed by atoms with Crippen molar-refractivity contribution in [2.45, 2.75) is 56.8 Å². The second-order valence-electron chi connectivity index (χ2n) is 7.58. The summed E-state index contributed by atoms with van der Waals surface area (Å²) in [6.07, 6.45) is -1.73. The highest BCUT2D eigenvalue weighted by Gasteiger charge is 2.37. The van der Waals surface area contributed by atoms with Crippen LogP contribution < -0.4 is 21.5 Å². The second kappa shape index (κ2) is 10.1. The van der Waals surface area contributed by atoms with Gasteiger partial charge in [0.05, 0.1) is 19.1 Å². The van der Waals surface area contributed by atoms with E-state index in [0.717, 1.165) is 24.6 Å². The van der Waals surface area contributed by atoms with Crippen molar-refractivity contribution in [3.05, 3.63) is 35.4 Å². The molecule has 7 nitrogen and oxygen atoms in total. The molecule has 2 unspecified atom stereocenters. The third-order valence-electron chi connectivity index (χ3n) is 5.22. The maximum absolute atomic E-state index is 13.2. The number of alkyl carbamates (subject to hydrolysis) is 1. The van der Waals surface area contributed by atoms with Gasteiger partial charge < -0.3 is 15.4 Å². The molecule has 0 spiro atoms. The quantitative estimate of drug-likeness (QED) is 0.495. The topological polar surface area (TPSA) is 91.5 Å². The van der Waals surface area contributed by atoms with Crippen LogP contribution in [-0.2, 0) is 16.0 Å². The van der Waals surface area contributed by atoms with Crippen molar-refractivity contribution in [3.8, 4) is 0 Å². The molecular weight excluding hydrogens is 408 g/mol. The molecule has 4 N–H and O–H groups in total. The predicted molar refractivity (Wildman–Crippen MR) is 98.3 cm³/mol. The molecule has 2 fully saturated rings. The minimum Gasteiger partial charge on any atom is -0.446 e. The molecule has 0 bridgehead atoms. The molecule has 1 saturated heterocycles. The number of hydrogen-bond donors (Lipinski definition) is 4. The lowest BCUT2D eigenvalue weighted by Gasteiger charge is -2.18. The van der Waals surface area contributed by atoms with Crippen molar-refractivity contribution < 1.29 is 31.9 Å². The largest absolute Gasteiger partial charge is 0.446 e. The van der Waals surface area contributed by atoms with Crippen LogP contribution in [0.3, 0.4) is 0 Å². The number of hydrogen-bond acceptors (Lipinski definition) is 5. The summed E-state index contributed by atoms with van der Waals surface area (Å²) in [5.41, 5.74) is 6.33. The molecule has 0 radical (unpaired) electrons. The molecule has 0 aromatic heterocycles. The number of halogens is 4. The predicted octanol–water partition coefficient (Wildman–Crippen LogP) is 1.98. The molecule has 1 aromatic rings. The highest BCUT2D eigenvalue weighted by atomic mass is 19.3. The van der Waals surface area contributed by atoms with E-state index in [1.165, 1.54) is 0 Å². The molecule has 1 aromatic carbocycles. The maximum atomic E-state index is 13.2. The van der Waals surface area contributed by atoms with Crippen LogP contribution in [-0.4, -0.2) is 43.3 Å². The molecular formula is C19H24F4N4O3.